The molecular weight excluding hydrogens is 340 g/mol. The smallest absolute Gasteiger partial charge is 0.207 e. The van der Waals surface area contributed by atoms with E-state index in [2.05, 4.69) is 21.1 Å². The van der Waals surface area contributed by atoms with E-state index in [9.17, 15) is 0 Å². The molecule has 4 nitrogen and oxygen atoms in total. The van der Waals surface area contributed by atoms with E-state index in [0.717, 1.165) is 22.6 Å². The fourth-order valence-corrected chi connectivity index (χ4v) is 2.03. The number of hydrogen-bond acceptors (Lipinski definition) is 3. The van der Waals surface area contributed by atoms with Crippen LogP contribution < -0.4 is 10.9 Å². The van der Waals surface area contributed by atoms with E-state index >= 15 is 0 Å². The summed E-state index contributed by atoms with van der Waals surface area (Å²) in [4.78, 5) is 0. The van der Waals surface area contributed by atoms with E-state index in [1.165, 1.54) is 0 Å². The molecule has 0 unspecified atom stereocenters. The Morgan fingerprint density at radius 1 is 0.731 bits per heavy atom. The predicted molar refractivity (Wildman–Crippen MR) is 116 cm³/mol. The second kappa shape index (κ2) is 10.7. The van der Waals surface area contributed by atoms with Crippen molar-refractivity contribution >= 4 is 40.9 Å². The first-order valence-electron chi connectivity index (χ1n) is 8.24. The summed E-state index contributed by atoms with van der Waals surface area (Å²) in [5.41, 5.74) is 9.40. The van der Waals surface area contributed by atoms with Gasteiger partial charge in [-0.1, -0.05) is 72.8 Å². The molecule has 0 aliphatic rings. The van der Waals surface area contributed by atoms with Crippen LogP contribution in [0, 0.1) is 0 Å². The highest BCUT2D eigenvalue weighted by Crippen LogP contribution is 2.01. The average Bonchev–Trinajstić information content (AvgIpc) is 2.69. The van der Waals surface area contributed by atoms with Gasteiger partial charge in [0, 0.05) is 0 Å². The van der Waals surface area contributed by atoms with Crippen LogP contribution >= 0.6 is 12.2 Å². The zero-order valence-corrected chi connectivity index (χ0v) is 15.7. The van der Waals surface area contributed by atoms with Crippen molar-refractivity contribution in [2.45, 2.75) is 13.8 Å². The minimum Gasteiger partial charge on any atom is -0.252 e. The van der Waals surface area contributed by atoms with Gasteiger partial charge in [0.1, 0.15) is 0 Å². The Morgan fingerprint density at radius 2 is 1.12 bits per heavy atom. The lowest BCUT2D eigenvalue weighted by molar-refractivity contribution is 0.927. The van der Waals surface area contributed by atoms with Crippen LogP contribution in [0.1, 0.15) is 25.0 Å². The van der Waals surface area contributed by atoms with Crippen LogP contribution in [0.15, 0.2) is 83.0 Å². The summed E-state index contributed by atoms with van der Waals surface area (Å²) in [6.45, 7) is 3.79. The van der Waals surface area contributed by atoms with Gasteiger partial charge in [0.25, 0.3) is 0 Å². The number of hydrazone groups is 2. The molecule has 0 fully saturated rings. The Labute approximate surface area is 160 Å². The van der Waals surface area contributed by atoms with Crippen molar-refractivity contribution in [3.8, 4) is 0 Å². The average molecular weight is 363 g/mol. The lowest BCUT2D eigenvalue weighted by atomic mass is 10.2. The third kappa shape index (κ3) is 7.68. The van der Waals surface area contributed by atoms with Crippen molar-refractivity contribution in [3.05, 3.63) is 83.9 Å². The first kappa shape index (κ1) is 19.3. The van der Waals surface area contributed by atoms with Crippen LogP contribution in [0.2, 0.25) is 0 Å². The van der Waals surface area contributed by atoms with E-state index < -0.39 is 0 Å². The number of benzene rings is 2. The standard InChI is InChI=1S/C21H22N4S/c1-17(13-15-19-9-5-3-6-10-19)22-24-21(26)25-23-18(2)14-16-20-11-7-4-8-12-20/h3-16H,1-2H3,(H2,24,25,26)/b15-13+,16-14+,22-17-,23-18-. The molecule has 0 heterocycles. The number of nitrogens with one attached hydrogen (secondary N) is 2. The zero-order chi connectivity index (χ0) is 18.6. The summed E-state index contributed by atoms with van der Waals surface area (Å²) in [5.74, 6) is 0. The van der Waals surface area contributed by atoms with Crippen molar-refractivity contribution in [2.24, 2.45) is 10.2 Å². The normalized spacial score (nSPS) is 12.5. The third-order valence-corrected chi connectivity index (χ3v) is 3.48. The van der Waals surface area contributed by atoms with Gasteiger partial charge in [-0.25, -0.2) is 0 Å². The lowest BCUT2D eigenvalue weighted by Crippen LogP contribution is -2.29. The van der Waals surface area contributed by atoms with Crippen molar-refractivity contribution < 1.29 is 0 Å². The van der Waals surface area contributed by atoms with Gasteiger partial charge in [0.05, 0.1) is 11.4 Å². The largest absolute Gasteiger partial charge is 0.252 e. The summed E-state index contributed by atoms with van der Waals surface area (Å²) in [6.07, 6.45) is 7.82. The molecule has 0 aliphatic carbocycles. The molecule has 0 spiro atoms. The molecule has 2 aromatic rings. The van der Waals surface area contributed by atoms with Crippen molar-refractivity contribution in [1.82, 2.24) is 10.9 Å². The Bertz CT molecular complexity index is 752. The van der Waals surface area contributed by atoms with E-state index in [0.29, 0.717) is 5.11 Å². The van der Waals surface area contributed by atoms with E-state index in [4.69, 9.17) is 12.2 Å². The Balaban J connectivity index is 1.80. The molecule has 0 aliphatic heterocycles. The Hall–Kier alpha value is -3.05. The second-order valence-electron chi connectivity index (χ2n) is 5.55. The van der Waals surface area contributed by atoms with Gasteiger partial charge in [-0.3, -0.25) is 10.9 Å². The number of thiocarbonyl (C=S) groups is 1. The highest BCUT2D eigenvalue weighted by Gasteiger charge is 1.92. The first-order valence-corrected chi connectivity index (χ1v) is 8.65. The van der Waals surface area contributed by atoms with Gasteiger partial charge < -0.3 is 0 Å². The van der Waals surface area contributed by atoms with Crippen LogP contribution in [-0.2, 0) is 0 Å². The number of rotatable bonds is 6. The molecule has 0 radical (unpaired) electrons. The SMILES string of the molecule is CC(/C=C/c1ccccc1)=N/NC(=S)N/N=C(C)\C=C\c1ccccc1. The number of nitrogens with zero attached hydrogens (tertiary/aromatic N) is 2. The second-order valence-corrected chi connectivity index (χ2v) is 5.96. The third-order valence-electron chi connectivity index (χ3n) is 3.30. The maximum absolute atomic E-state index is 5.16. The topological polar surface area (TPSA) is 48.8 Å². The van der Waals surface area contributed by atoms with Crippen molar-refractivity contribution in [2.75, 3.05) is 0 Å². The minimum absolute atomic E-state index is 0.338. The van der Waals surface area contributed by atoms with Crippen LogP contribution in [-0.4, -0.2) is 16.5 Å². The fraction of sp³-hybridized carbons (Fsp3) is 0.0952. The van der Waals surface area contributed by atoms with Gasteiger partial charge in [-0.05, 0) is 49.3 Å². The van der Waals surface area contributed by atoms with Crippen LogP contribution in [0.3, 0.4) is 0 Å². The highest BCUT2D eigenvalue weighted by atomic mass is 32.1. The van der Waals surface area contributed by atoms with Crippen molar-refractivity contribution in [3.63, 3.8) is 0 Å². The van der Waals surface area contributed by atoms with E-state index in [-0.39, 0.29) is 0 Å². The molecule has 0 atom stereocenters. The molecule has 5 heteroatoms. The zero-order valence-electron chi connectivity index (χ0n) is 14.9. The quantitative estimate of drug-likeness (QED) is 0.447. The maximum Gasteiger partial charge on any atom is 0.207 e. The monoisotopic (exact) mass is 362 g/mol. The van der Waals surface area contributed by atoms with Crippen molar-refractivity contribution in [1.29, 1.82) is 0 Å². The Morgan fingerprint density at radius 3 is 1.50 bits per heavy atom. The van der Waals surface area contributed by atoms with Gasteiger partial charge in [-0.15, -0.1) is 0 Å². The molecule has 26 heavy (non-hydrogen) atoms. The van der Waals surface area contributed by atoms with Crippen LogP contribution in [0.25, 0.3) is 12.2 Å². The number of allylic oxidation sites excluding steroid dienone is 2. The predicted octanol–water partition coefficient (Wildman–Crippen LogP) is 4.63. The summed E-state index contributed by atoms with van der Waals surface area (Å²) in [5, 5.41) is 8.74. The van der Waals surface area contributed by atoms with Gasteiger partial charge in [0.15, 0.2) is 0 Å². The molecule has 2 rings (SSSR count). The molecular formula is C21H22N4S. The molecule has 0 amide bonds. The highest BCUT2D eigenvalue weighted by molar-refractivity contribution is 7.80. The summed E-state index contributed by atoms with van der Waals surface area (Å²) in [7, 11) is 0. The summed E-state index contributed by atoms with van der Waals surface area (Å²) < 4.78 is 0. The van der Waals surface area contributed by atoms with E-state index in [1.807, 2.05) is 98.8 Å². The molecule has 0 saturated carbocycles. The number of hydrogen-bond donors (Lipinski definition) is 2. The molecule has 0 saturated heterocycles. The molecule has 0 aromatic heterocycles. The molecule has 2 aromatic carbocycles. The van der Waals surface area contributed by atoms with Gasteiger partial charge in [-0.2, -0.15) is 10.2 Å². The van der Waals surface area contributed by atoms with Crippen LogP contribution in [0.5, 0.6) is 0 Å². The summed E-state index contributed by atoms with van der Waals surface area (Å²) >= 11 is 5.16. The molecule has 132 valence electrons. The minimum atomic E-state index is 0.338. The van der Waals surface area contributed by atoms with Crippen LogP contribution in [0.4, 0.5) is 0 Å². The molecule has 2 N–H and O–H groups in total. The molecule has 0 bridgehead atoms. The fourth-order valence-electron chi connectivity index (χ4n) is 1.94. The van der Waals surface area contributed by atoms with Gasteiger partial charge in [0.2, 0.25) is 5.11 Å². The van der Waals surface area contributed by atoms with Gasteiger partial charge >= 0.3 is 0 Å². The maximum atomic E-state index is 5.16. The first-order chi connectivity index (χ1) is 12.6. The Kier molecular flexibility index (Phi) is 7.96. The summed E-state index contributed by atoms with van der Waals surface area (Å²) in [6, 6.07) is 20.1. The van der Waals surface area contributed by atoms with E-state index in [1.54, 1.807) is 0 Å². The lowest BCUT2D eigenvalue weighted by Gasteiger charge is -2.03.